The molecule has 0 unspecified atom stereocenters. The third-order valence-corrected chi connectivity index (χ3v) is 5.61. The van der Waals surface area contributed by atoms with Crippen molar-refractivity contribution in [2.24, 2.45) is 0 Å². The molecule has 0 fully saturated rings. The lowest BCUT2D eigenvalue weighted by atomic mass is 10.2. The number of fused-ring (bicyclic) bond motifs is 1. The Morgan fingerprint density at radius 3 is 2.32 bits per heavy atom. The predicted octanol–water partition coefficient (Wildman–Crippen LogP) is 3.65. The van der Waals surface area contributed by atoms with E-state index in [1.807, 2.05) is 6.92 Å². The number of rotatable bonds is 3. The van der Waals surface area contributed by atoms with Gasteiger partial charge in [0.25, 0.3) is 10.0 Å². The quantitative estimate of drug-likeness (QED) is 0.687. The zero-order valence-electron chi connectivity index (χ0n) is 11.7. The van der Waals surface area contributed by atoms with E-state index in [1.54, 1.807) is 36.4 Å². The highest BCUT2D eigenvalue weighted by atomic mass is 35.5. The van der Waals surface area contributed by atoms with Crippen LogP contribution in [0.4, 0.5) is 0 Å². The summed E-state index contributed by atoms with van der Waals surface area (Å²) < 4.78 is 26.8. The lowest BCUT2D eigenvalue weighted by molar-refractivity contribution is 0.111. The van der Waals surface area contributed by atoms with Crippen molar-refractivity contribution in [1.82, 2.24) is 3.97 Å². The first-order valence-electron chi connectivity index (χ1n) is 6.53. The second kappa shape index (κ2) is 5.26. The Bertz CT molecular complexity index is 973. The highest BCUT2D eigenvalue weighted by Crippen LogP contribution is 2.32. The summed E-state index contributed by atoms with van der Waals surface area (Å²) in [7, 11) is -3.90. The molecule has 1 aromatic heterocycles. The fourth-order valence-electron chi connectivity index (χ4n) is 2.37. The number of hydrogen-bond donors (Lipinski definition) is 0. The van der Waals surface area contributed by atoms with Crippen LogP contribution in [0.15, 0.2) is 53.4 Å². The van der Waals surface area contributed by atoms with E-state index < -0.39 is 10.0 Å². The Morgan fingerprint density at radius 2 is 1.68 bits per heavy atom. The van der Waals surface area contributed by atoms with Crippen LogP contribution < -0.4 is 0 Å². The van der Waals surface area contributed by atoms with Crippen molar-refractivity contribution in [1.29, 1.82) is 0 Å². The normalized spacial score (nSPS) is 11.7. The Kier molecular flexibility index (Phi) is 3.54. The van der Waals surface area contributed by atoms with Crippen LogP contribution in [-0.2, 0) is 10.0 Å². The minimum Gasteiger partial charge on any atom is -0.296 e. The molecule has 0 aliphatic rings. The molecule has 112 valence electrons. The molecule has 3 rings (SSSR count). The van der Waals surface area contributed by atoms with Crippen LogP contribution in [0.5, 0.6) is 0 Å². The molecule has 3 aromatic rings. The Labute approximate surface area is 133 Å². The molecule has 0 radical (unpaired) electrons. The van der Waals surface area contributed by atoms with E-state index in [0.717, 1.165) is 9.54 Å². The van der Waals surface area contributed by atoms with Gasteiger partial charge in [0.05, 0.1) is 15.4 Å². The molecular weight excluding hydrogens is 322 g/mol. The fourth-order valence-corrected chi connectivity index (χ4v) is 4.21. The summed E-state index contributed by atoms with van der Waals surface area (Å²) in [5, 5.41) is 0.670. The van der Waals surface area contributed by atoms with Gasteiger partial charge < -0.3 is 0 Å². The van der Waals surface area contributed by atoms with Gasteiger partial charge in [-0.2, -0.15) is 0 Å². The van der Waals surface area contributed by atoms with Gasteiger partial charge >= 0.3 is 0 Å². The van der Waals surface area contributed by atoms with Gasteiger partial charge in [0.2, 0.25) is 0 Å². The van der Waals surface area contributed by atoms with E-state index in [4.69, 9.17) is 11.6 Å². The molecule has 0 saturated heterocycles. The van der Waals surface area contributed by atoms with Crippen molar-refractivity contribution in [2.45, 2.75) is 11.8 Å². The van der Waals surface area contributed by atoms with Crippen molar-refractivity contribution >= 4 is 38.8 Å². The fraction of sp³-hybridized carbons (Fsp3) is 0.0625. The molecule has 2 aromatic carbocycles. The topological polar surface area (TPSA) is 56.1 Å². The zero-order chi connectivity index (χ0) is 15.9. The van der Waals surface area contributed by atoms with Crippen molar-refractivity contribution in [2.75, 3.05) is 0 Å². The van der Waals surface area contributed by atoms with Crippen molar-refractivity contribution in [3.8, 4) is 0 Å². The van der Waals surface area contributed by atoms with Gasteiger partial charge in [0.15, 0.2) is 6.29 Å². The molecule has 1 heterocycles. The average molecular weight is 334 g/mol. The van der Waals surface area contributed by atoms with Gasteiger partial charge in [-0.3, -0.25) is 4.79 Å². The molecule has 4 nitrogen and oxygen atoms in total. The van der Waals surface area contributed by atoms with E-state index in [1.165, 1.54) is 12.1 Å². The molecule has 0 N–H and O–H groups in total. The molecular formula is C16H12ClNO3S. The zero-order valence-corrected chi connectivity index (χ0v) is 13.2. The predicted molar refractivity (Wildman–Crippen MR) is 86.1 cm³/mol. The molecule has 0 amide bonds. The van der Waals surface area contributed by atoms with Gasteiger partial charge in [-0.05, 0) is 25.1 Å². The van der Waals surface area contributed by atoms with E-state index >= 15 is 0 Å². The van der Waals surface area contributed by atoms with Crippen LogP contribution in [0.2, 0.25) is 5.02 Å². The summed E-state index contributed by atoms with van der Waals surface area (Å²) in [4.78, 5) is 11.5. The largest absolute Gasteiger partial charge is 0.296 e. The third-order valence-electron chi connectivity index (χ3n) is 3.47. The van der Waals surface area contributed by atoms with Crippen LogP contribution in [0.1, 0.15) is 16.1 Å². The molecule has 0 spiro atoms. The van der Waals surface area contributed by atoms with Gasteiger partial charge in [0.1, 0.15) is 5.69 Å². The summed E-state index contributed by atoms with van der Waals surface area (Å²) in [5.74, 6) is 0. The molecule has 0 saturated carbocycles. The lowest BCUT2D eigenvalue weighted by Gasteiger charge is -2.09. The Hall–Kier alpha value is -2.11. The molecule has 0 atom stereocenters. The molecule has 0 aliphatic carbocycles. The Balaban J connectivity index is 2.38. The number of aryl methyl sites for hydroxylation is 1. The maximum atomic E-state index is 12.9. The first-order chi connectivity index (χ1) is 10.5. The number of aldehydes is 1. The number of nitrogens with zero attached hydrogens (tertiary/aromatic N) is 1. The number of carbonyl (C=O) groups is 1. The SMILES string of the molecule is Cc1ccc(S(=O)(=O)n2c(C=O)c(Cl)c3ccccc32)cc1. The summed E-state index contributed by atoms with van der Waals surface area (Å²) >= 11 is 6.16. The lowest BCUT2D eigenvalue weighted by Crippen LogP contribution is -2.15. The summed E-state index contributed by atoms with van der Waals surface area (Å²) in [5.41, 5.74) is 1.27. The van der Waals surface area contributed by atoms with Crippen LogP contribution in [0, 0.1) is 6.92 Å². The van der Waals surface area contributed by atoms with Gasteiger partial charge in [-0.1, -0.05) is 47.5 Å². The maximum Gasteiger partial charge on any atom is 0.268 e. The number of benzene rings is 2. The minimum absolute atomic E-state index is 0.0663. The molecule has 22 heavy (non-hydrogen) atoms. The maximum absolute atomic E-state index is 12.9. The monoisotopic (exact) mass is 333 g/mol. The Morgan fingerprint density at radius 1 is 1.05 bits per heavy atom. The first-order valence-corrected chi connectivity index (χ1v) is 8.35. The van der Waals surface area contributed by atoms with E-state index in [-0.39, 0.29) is 15.6 Å². The molecule has 6 heteroatoms. The van der Waals surface area contributed by atoms with Crippen molar-refractivity contribution in [3.63, 3.8) is 0 Å². The van der Waals surface area contributed by atoms with Gasteiger partial charge in [-0.25, -0.2) is 12.4 Å². The highest BCUT2D eigenvalue weighted by molar-refractivity contribution is 7.90. The van der Waals surface area contributed by atoms with E-state index in [9.17, 15) is 13.2 Å². The van der Waals surface area contributed by atoms with E-state index in [0.29, 0.717) is 17.2 Å². The molecule has 0 aliphatic heterocycles. The van der Waals surface area contributed by atoms with Crippen molar-refractivity contribution < 1.29 is 13.2 Å². The second-order valence-electron chi connectivity index (χ2n) is 4.92. The van der Waals surface area contributed by atoms with Crippen molar-refractivity contribution in [3.05, 3.63) is 64.8 Å². The van der Waals surface area contributed by atoms with E-state index in [2.05, 4.69) is 0 Å². The minimum atomic E-state index is -3.90. The van der Waals surface area contributed by atoms with Crippen LogP contribution in [0.3, 0.4) is 0 Å². The highest BCUT2D eigenvalue weighted by Gasteiger charge is 2.25. The number of aromatic nitrogens is 1. The number of halogens is 1. The smallest absolute Gasteiger partial charge is 0.268 e. The first kappa shape index (κ1) is 14.8. The standard InChI is InChI=1S/C16H12ClNO3S/c1-11-6-8-12(9-7-11)22(20,21)18-14-5-3-2-4-13(14)16(17)15(18)10-19/h2-10H,1H3. The summed E-state index contributed by atoms with van der Waals surface area (Å²) in [6, 6.07) is 13.2. The molecule has 0 bridgehead atoms. The van der Waals surface area contributed by atoms with Crippen LogP contribution in [-0.4, -0.2) is 18.7 Å². The number of para-hydroxylation sites is 1. The number of hydrogen-bond acceptors (Lipinski definition) is 3. The van der Waals surface area contributed by atoms with Crippen LogP contribution >= 0.6 is 11.6 Å². The summed E-state index contributed by atoms with van der Waals surface area (Å²) in [6.07, 6.45) is 0.466. The van der Waals surface area contributed by atoms with Gasteiger partial charge in [0, 0.05) is 5.39 Å². The van der Waals surface area contributed by atoms with Gasteiger partial charge in [-0.15, -0.1) is 0 Å². The van der Waals surface area contributed by atoms with Crippen LogP contribution in [0.25, 0.3) is 10.9 Å². The number of carbonyl (C=O) groups excluding carboxylic acids is 1. The average Bonchev–Trinajstić information content (AvgIpc) is 2.81. The third kappa shape index (κ3) is 2.14. The second-order valence-corrected chi connectivity index (χ2v) is 7.08. The summed E-state index contributed by atoms with van der Waals surface area (Å²) in [6.45, 7) is 1.87.